The summed E-state index contributed by atoms with van der Waals surface area (Å²) in [5, 5.41) is 11.9. The highest BCUT2D eigenvalue weighted by atomic mass is 16.5. The van der Waals surface area contributed by atoms with Crippen molar-refractivity contribution < 1.29 is 19.4 Å². The molecule has 7 nitrogen and oxygen atoms in total. The van der Waals surface area contributed by atoms with Crippen LogP contribution in [0.4, 0.5) is 0 Å². The maximum absolute atomic E-state index is 11.6. The van der Waals surface area contributed by atoms with E-state index in [1.807, 2.05) is 13.8 Å². The lowest BCUT2D eigenvalue weighted by Gasteiger charge is -2.19. The van der Waals surface area contributed by atoms with Crippen LogP contribution in [0.5, 0.6) is 0 Å². The van der Waals surface area contributed by atoms with E-state index in [0.29, 0.717) is 5.69 Å². The summed E-state index contributed by atoms with van der Waals surface area (Å²) in [7, 11) is 1.31. The van der Waals surface area contributed by atoms with Gasteiger partial charge < -0.3 is 9.84 Å². The molecule has 0 fully saturated rings. The second-order valence-corrected chi connectivity index (χ2v) is 4.31. The molecule has 0 saturated carbocycles. The van der Waals surface area contributed by atoms with Crippen molar-refractivity contribution in [2.24, 2.45) is 5.92 Å². The molecule has 1 unspecified atom stereocenters. The van der Waals surface area contributed by atoms with Gasteiger partial charge >= 0.3 is 11.9 Å². The van der Waals surface area contributed by atoms with Gasteiger partial charge in [0.25, 0.3) is 0 Å². The zero-order valence-corrected chi connectivity index (χ0v) is 11.1. The van der Waals surface area contributed by atoms with Crippen LogP contribution in [-0.2, 0) is 16.1 Å². The molecular formula is C12H17N3O4. The predicted molar refractivity (Wildman–Crippen MR) is 66.5 cm³/mol. The molecule has 1 aromatic heterocycles. The number of nitrogens with one attached hydrogen (secondary N) is 1. The summed E-state index contributed by atoms with van der Waals surface area (Å²) in [5.41, 5.74) is 0.347. The van der Waals surface area contributed by atoms with Gasteiger partial charge in [0.1, 0.15) is 17.9 Å². The van der Waals surface area contributed by atoms with Crippen molar-refractivity contribution in [3.05, 3.63) is 23.8 Å². The van der Waals surface area contributed by atoms with Gasteiger partial charge in [0.2, 0.25) is 0 Å². The molecule has 0 bridgehead atoms. The molecule has 7 heteroatoms. The summed E-state index contributed by atoms with van der Waals surface area (Å²) in [6.45, 7) is 3.89. The van der Waals surface area contributed by atoms with E-state index in [0.717, 1.165) is 0 Å². The van der Waals surface area contributed by atoms with Crippen molar-refractivity contribution in [1.29, 1.82) is 0 Å². The van der Waals surface area contributed by atoms with Crippen LogP contribution < -0.4 is 5.32 Å². The second kappa shape index (κ2) is 6.79. The molecular weight excluding hydrogens is 250 g/mol. The van der Waals surface area contributed by atoms with Crippen molar-refractivity contribution in [3.8, 4) is 0 Å². The number of ether oxygens (including phenoxy) is 1. The van der Waals surface area contributed by atoms with E-state index in [2.05, 4.69) is 20.0 Å². The number of carbonyl (C=O) groups excluding carboxylic acids is 1. The number of hydrogen-bond donors (Lipinski definition) is 2. The number of nitrogens with zero attached hydrogens (tertiary/aromatic N) is 2. The van der Waals surface area contributed by atoms with E-state index in [1.165, 1.54) is 19.6 Å². The lowest BCUT2D eigenvalue weighted by molar-refractivity contribution is -0.144. The first kappa shape index (κ1) is 15.0. The van der Waals surface area contributed by atoms with E-state index in [4.69, 9.17) is 5.11 Å². The van der Waals surface area contributed by atoms with Gasteiger partial charge in [-0.1, -0.05) is 13.8 Å². The molecule has 0 amide bonds. The normalized spacial score (nSPS) is 12.2. The van der Waals surface area contributed by atoms with Crippen molar-refractivity contribution in [2.45, 2.75) is 26.4 Å². The Morgan fingerprint density at radius 1 is 1.47 bits per heavy atom. The zero-order valence-electron chi connectivity index (χ0n) is 11.1. The van der Waals surface area contributed by atoms with Crippen LogP contribution in [0.2, 0.25) is 0 Å². The van der Waals surface area contributed by atoms with Crippen molar-refractivity contribution in [2.75, 3.05) is 7.11 Å². The van der Waals surface area contributed by atoms with Crippen LogP contribution in [0.3, 0.4) is 0 Å². The fraction of sp³-hybridized carbons (Fsp3) is 0.500. The van der Waals surface area contributed by atoms with Gasteiger partial charge in [0, 0.05) is 12.7 Å². The molecule has 0 aliphatic heterocycles. The van der Waals surface area contributed by atoms with E-state index in [-0.39, 0.29) is 24.0 Å². The number of esters is 1. The molecule has 1 aromatic rings. The number of hydrogen-bond acceptors (Lipinski definition) is 6. The van der Waals surface area contributed by atoms with Crippen LogP contribution >= 0.6 is 0 Å². The average molecular weight is 267 g/mol. The van der Waals surface area contributed by atoms with Gasteiger partial charge in [-0.2, -0.15) is 0 Å². The molecule has 2 N–H and O–H groups in total. The first-order valence-electron chi connectivity index (χ1n) is 5.80. The van der Waals surface area contributed by atoms with Crippen LogP contribution in [0, 0.1) is 5.92 Å². The zero-order chi connectivity index (χ0) is 14.4. The van der Waals surface area contributed by atoms with Crippen LogP contribution in [-0.4, -0.2) is 40.2 Å². The molecule has 104 valence electrons. The van der Waals surface area contributed by atoms with Crippen molar-refractivity contribution in [3.63, 3.8) is 0 Å². The molecule has 0 aliphatic carbocycles. The van der Waals surface area contributed by atoms with E-state index in [9.17, 15) is 9.59 Å². The minimum Gasteiger partial charge on any atom is -0.478 e. The Hall–Kier alpha value is -2.02. The van der Waals surface area contributed by atoms with Gasteiger partial charge in [-0.3, -0.25) is 10.1 Å². The number of aromatic carboxylic acids is 1. The van der Waals surface area contributed by atoms with Crippen LogP contribution in [0.25, 0.3) is 0 Å². The molecule has 0 aliphatic rings. The monoisotopic (exact) mass is 267 g/mol. The summed E-state index contributed by atoms with van der Waals surface area (Å²) < 4.78 is 4.69. The standard InChI is InChI=1S/C12H17N3O4/c1-7(2)10(12(18)19-3)14-5-9-8(11(16)17)4-13-6-15-9/h4,6-7,10,14H,5H2,1-3H3,(H,16,17). The second-order valence-electron chi connectivity index (χ2n) is 4.31. The largest absolute Gasteiger partial charge is 0.478 e. The Bertz CT molecular complexity index is 462. The third-order valence-corrected chi connectivity index (χ3v) is 2.64. The third kappa shape index (κ3) is 3.99. The van der Waals surface area contributed by atoms with Crippen molar-refractivity contribution >= 4 is 11.9 Å². The molecule has 0 spiro atoms. The number of rotatable bonds is 6. The fourth-order valence-corrected chi connectivity index (χ4v) is 1.60. The lowest BCUT2D eigenvalue weighted by atomic mass is 10.0. The highest BCUT2D eigenvalue weighted by Crippen LogP contribution is 2.07. The summed E-state index contributed by atoms with van der Waals surface area (Å²) in [4.78, 5) is 30.1. The molecule has 1 heterocycles. The lowest BCUT2D eigenvalue weighted by Crippen LogP contribution is -2.41. The van der Waals surface area contributed by atoms with Crippen LogP contribution in [0.1, 0.15) is 29.9 Å². The molecule has 1 atom stereocenters. The highest BCUT2D eigenvalue weighted by molar-refractivity contribution is 5.88. The smallest absolute Gasteiger partial charge is 0.339 e. The van der Waals surface area contributed by atoms with E-state index < -0.39 is 12.0 Å². The number of aromatic nitrogens is 2. The maximum Gasteiger partial charge on any atom is 0.339 e. The topological polar surface area (TPSA) is 101 Å². The van der Waals surface area contributed by atoms with E-state index in [1.54, 1.807) is 0 Å². The first-order valence-corrected chi connectivity index (χ1v) is 5.80. The predicted octanol–water partition coefficient (Wildman–Crippen LogP) is 0.462. The van der Waals surface area contributed by atoms with Gasteiger partial charge in [0.15, 0.2) is 0 Å². The molecule has 0 aromatic carbocycles. The van der Waals surface area contributed by atoms with Crippen molar-refractivity contribution in [1.82, 2.24) is 15.3 Å². The quantitative estimate of drug-likeness (QED) is 0.722. The van der Waals surface area contributed by atoms with Gasteiger partial charge in [-0.25, -0.2) is 14.8 Å². The minimum absolute atomic E-state index is 0.0161. The Morgan fingerprint density at radius 2 is 2.16 bits per heavy atom. The fourth-order valence-electron chi connectivity index (χ4n) is 1.60. The Labute approximate surface area is 111 Å². The SMILES string of the molecule is COC(=O)C(NCc1ncncc1C(=O)O)C(C)C. The Kier molecular flexibility index (Phi) is 5.37. The molecule has 0 radical (unpaired) electrons. The summed E-state index contributed by atoms with van der Waals surface area (Å²) in [5.74, 6) is -1.47. The highest BCUT2D eigenvalue weighted by Gasteiger charge is 2.23. The third-order valence-electron chi connectivity index (χ3n) is 2.64. The summed E-state index contributed by atoms with van der Waals surface area (Å²) in [6, 6.07) is -0.512. The van der Waals surface area contributed by atoms with Gasteiger partial charge in [0.05, 0.1) is 12.8 Å². The van der Waals surface area contributed by atoms with E-state index >= 15 is 0 Å². The Balaban J connectivity index is 2.80. The van der Waals surface area contributed by atoms with Gasteiger partial charge in [-0.15, -0.1) is 0 Å². The van der Waals surface area contributed by atoms with Gasteiger partial charge in [-0.05, 0) is 5.92 Å². The number of methoxy groups -OCH3 is 1. The maximum atomic E-state index is 11.6. The average Bonchev–Trinajstić information content (AvgIpc) is 2.38. The number of carbonyl (C=O) groups is 2. The van der Waals surface area contributed by atoms with Crippen LogP contribution in [0.15, 0.2) is 12.5 Å². The Morgan fingerprint density at radius 3 is 2.68 bits per heavy atom. The summed E-state index contributed by atoms with van der Waals surface area (Å²) in [6.07, 6.45) is 2.50. The first-order chi connectivity index (χ1) is 8.97. The molecule has 0 saturated heterocycles. The molecule has 1 rings (SSSR count). The molecule has 19 heavy (non-hydrogen) atoms. The minimum atomic E-state index is -1.10. The summed E-state index contributed by atoms with van der Waals surface area (Å²) >= 11 is 0. The number of carboxylic acid groups (broad SMARTS) is 1. The number of carboxylic acids is 1.